The van der Waals surface area contributed by atoms with Crippen LogP contribution >= 0.6 is 0 Å². The summed E-state index contributed by atoms with van der Waals surface area (Å²) in [5.41, 5.74) is 5.12. The van der Waals surface area contributed by atoms with E-state index in [0.717, 1.165) is 34.7 Å². The van der Waals surface area contributed by atoms with Gasteiger partial charge < -0.3 is 14.1 Å². The Morgan fingerprint density at radius 2 is 1.81 bits per heavy atom. The summed E-state index contributed by atoms with van der Waals surface area (Å²) < 4.78 is 41.6. The van der Waals surface area contributed by atoms with E-state index in [1.807, 2.05) is 31.2 Å². The fourth-order valence-corrected chi connectivity index (χ4v) is 3.31. The van der Waals surface area contributed by atoms with Crippen molar-refractivity contribution in [3.05, 3.63) is 72.4 Å². The monoisotopic (exact) mass is 443 g/mol. The summed E-state index contributed by atoms with van der Waals surface area (Å²) in [7, 11) is 0. The third kappa shape index (κ3) is 4.04. The van der Waals surface area contributed by atoms with Gasteiger partial charge in [0, 0.05) is 6.54 Å². The number of fused-ring (bicyclic) bond motifs is 3. The minimum absolute atomic E-state index is 0.603. The van der Waals surface area contributed by atoms with Crippen LogP contribution in [0.3, 0.4) is 0 Å². The highest BCUT2D eigenvalue weighted by molar-refractivity contribution is 5.85. The number of aryl methyl sites for hydroxylation is 1. The summed E-state index contributed by atoms with van der Waals surface area (Å²) in [4.78, 5) is 13.2. The van der Waals surface area contributed by atoms with Crippen molar-refractivity contribution < 1.29 is 27.5 Å². The van der Waals surface area contributed by atoms with Crippen LogP contribution in [0.1, 0.15) is 11.4 Å². The number of hydrogen-bond acceptors (Lipinski definition) is 5. The highest BCUT2D eigenvalue weighted by Gasteiger charge is 2.38. The number of oxazole rings is 1. The molecule has 0 amide bonds. The second-order valence-electron chi connectivity index (χ2n) is 6.79. The molecule has 4 heterocycles. The maximum Gasteiger partial charge on any atom is 0.490 e. The summed E-state index contributed by atoms with van der Waals surface area (Å²) in [5.74, 6) is -1.30. The number of aliphatic carboxylic acids is 1. The lowest BCUT2D eigenvalue weighted by molar-refractivity contribution is -0.192. The largest absolute Gasteiger partial charge is 0.490 e. The molecular weight excluding hydrogens is 427 g/mol. The van der Waals surface area contributed by atoms with Crippen molar-refractivity contribution in [1.29, 1.82) is 0 Å². The first-order chi connectivity index (χ1) is 15.3. The average molecular weight is 443 g/mol. The second-order valence-corrected chi connectivity index (χ2v) is 6.79. The number of benzene rings is 1. The highest BCUT2D eigenvalue weighted by Crippen LogP contribution is 2.29. The van der Waals surface area contributed by atoms with Crippen LogP contribution in [0.4, 0.5) is 13.2 Å². The van der Waals surface area contributed by atoms with Gasteiger partial charge >= 0.3 is 12.1 Å². The van der Waals surface area contributed by atoms with Crippen LogP contribution in [0.15, 0.2) is 65.4 Å². The quantitative estimate of drug-likeness (QED) is 0.446. The van der Waals surface area contributed by atoms with Gasteiger partial charge in [-0.3, -0.25) is 4.40 Å². The first-order valence-electron chi connectivity index (χ1n) is 9.33. The lowest BCUT2D eigenvalue weighted by atomic mass is 10.2. The summed E-state index contributed by atoms with van der Waals surface area (Å²) in [6, 6.07) is 16.5. The van der Waals surface area contributed by atoms with E-state index >= 15 is 0 Å². The van der Waals surface area contributed by atoms with Gasteiger partial charge in [-0.1, -0.05) is 30.3 Å². The molecule has 0 saturated carbocycles. The number of alkyl halides is 3. The first kappa shape index (κ1) is 21.1. The van der Waals surface area contributed by atoms with Gasteiger partial charge in [0.15, 0.2) is 5.65 Å². The summed E-state index contributed by atoms with van der Waals surface area (Å²) in [6.07, 6.45) is -1.82. The molecule has 8 nitrogen and oxygen atoms in total. The predicted molar refractivity (Wildman–Crippen MR) is 108 cm³/mol. The molecule has 0 aliphatic carbocycles. The van der Waals surface area contributed by atoms with Crippen molar-refractivity contribution >= 4 is 22.6 Å². The number of pyridine rings is 1. The SMILES string of the molecule is Cc1nnc2ccc3c(cc(-c4ncco4)n3Cc3ccccc3)n12.O=C(O)C(F)(F)F. The second kappa shape index (κ2) is 8.17. The van der Waals surface area contributed by atoms with E-state index in [9.17, 15) is 13.2 Å². The van der Waals surface area contributed by atoms with E-state index in [1.165, 1.54) is 5.56 Å². The van der Waals surface area contributed by atoms with Crippen LogP contribution in [0.2, 0.25) is 0 Å². The Labute approximate surface area is 178 Å². The average Bonchev–Trinajstić information content (AvgIpc) is 3.48. The number of carboxylic acid groups (broad SMARTS) is 1. The molecule has 0 radical (unpaired) electrons. The molecule has 164 valence electrons. The van der Waals surface area contributed by atoms with Crippen LogP contribution in [0.25, 0.3) is 28.3 Å². The lowest BCUT2D eigenvalue weighted by Gasteiger charge is -2.09. The molecule has 32 heavy (non-hydrogen) atoms. The Hall–Kier alpha value is -4.15. The molecule has 4 aromatic heterocycles. The number of hydrogen-bond donors (Lipinski definition) is 1. The number of carbonyl (C=O) groups is 1. The molecule has 5 aromatic rings. The van der Waals surface area contributed by atoms with Crippen LogP contribution in [0.5, 0.6) is 0 Å². The summed E-state index contributed by atoms with van der Waals surface area (Å²) >= 11 is 0. The molecule has 0 aliphatic rings. The zero-order valence-electron chi connectivity index (χ0n) is 16.6. The minimum atomic E-state index is -5.08. The van der Waals surface area contributed by atoms with Crippen LogP contribution in [0, 0.1) is 6.92 Å². The minimum Gasteiger partial charge on any atom is -0.475 e. The maximum absolute atomic E-state index is 10.6. The van der Waals surface area contributed by atoms with E-state index in [-0.39, 0.29) is 0 Å². The van der Waals surface area contributed by atoms with Crippen LogP contribution < -0.4 is 0 Å². The molecule has 0 saturated heterocycles. The molecule has 0 fully saturated rings. The predicted octanol–water partition coefficient (Wildman–Crippen LogP) is 4.33. The molecule has 0 atom stereocenters. The molecule has 0 bridgehead atoms. The number of rotatable bonds is 3. The Bertz CT molecular complexity index is 1370. The van der Waals surface area contributed by atoms with E-state index < -0.39 is 12.1 Å². The van der Waals surface area contributed by atoms with Gasteiger partial charge in [-0.2, -0.15) is 13.2 Å². The van der Waals surface area contributed by atoms with Crippen molar-refractivity contribution in [2.75, 3.05) is 0 Å². The zero-order chi connectivity index (χ0) is 22.9. The molecule has 1 N–H and O–H groups in total. The van der Waals surface area contributed by atoms with Crippen molar-refractivity contribution in [3.8, 4) is 11.6 Å². The molecule has 5 rings (SSSR count). The standard InChI is InChI=1S/C19H15N5O.C2HF3O2/c1-13-21-22-18-8-7-15-16(24(13)18)11-17(19-20-9-10-25-19)23(15)12-14-5-3-2-4-6-14;3-2(4,5)1(6)7/h2-11H,12H2,1H3;(H,6,7). The normalized spacial score (nSPS) is 11.5. The Balaban J connectivity index is 0.000000307. The molecule has 11 heteroatoms. The van der Waals surface area contributed by atoms with E-state index in [0.29, 0.717) is 5.89 Å². The summed E-state index contributed by atoms with van der Waals surface area (Å²) in [5, 5.41) is 15.5. The van der Waals surface area contributed by atoms with Crippen molar-refractivity contribution in [2.24, 2.45) is 0 Å². The fraction of sp³-hybridized carbons (Fsp3) is 0.143. The van der Waals surface area contributed by atoms with Gasteiger partial charge in [0.25, 0.3) is 0 Å². The molecule has 0 aliphatic heterocycles. The van der Waals surface area contributed by atoms with E-state index in [2.05, 4.69) is 48.4 Å². The molecule has 0 unspecified atom stereocenters. The zero-order valence-corrected chi connectivity index (χ0v) is 16.6. The number of nitrogens with zero attached hydrogens (tertiary/aromatic N) is 5. The van der Waals surface area contributed by atoms with E-state index in [4.69, 9.17) is 14.3 Å². The van der Waals surface area contributed by atoms with Crippen molar-refractivity contribution in [3.63, 3.8) is 0 Å². The topological polar surface area (TPSA) is 98.5 Å². The molecule has 1 aromatic carbocycles. The highest BCUT2D eigenvalue weighted by atomic mass is 19.4. The van der Waals surface area contributed by atoms with E-state index in [1.54, 1.807) is 12.5 Å². The van der Waals surface area contributed by atoms with Crippen molar-refractivity contribution in [2.45, 2.75) is 19.6 Å². The number of aromatic nitrogens is 5. The molecule has 0 spiro atoms. The fourth-order valence-electron chi connectivity index (χ4n) is 3.31. The third-order valence-corrected chi connectivity index (χ3v) is 4.68. The molecular formula is C21H16F3N5O3. The lowest BCUT2D eigenvalue weighted by Crippen LogP contribution is -2.21. The third-order valence-electron chi connectivity index (χ3n) is 4.68. The van der Waals surface area contributed by atoms with Gasteiger partial charge in [0.1, 0.15) is 17.8 Å². The Kier molecular flexibility index (Phi) is 5.39. The summed E-state index contributed by atoms with van der Waals surface area (Å²) in [6.45, 7) is 2.69. The maximum atomic E-state index is 10.6. The van der Waals surface area contributed by atoms with Gasteiger partial charge in [-0.15, -0.1) is 10.2 Å². The first-order valence-corrected chi connectivity index (χ1v) is 9.33. The van der Waals surface area contributed by atoms with Crippen LogP contribution in [-0.2, 0) is 11.3 Å². The van der Waals surface area contributed by atoms with Gasteiger partial charge in [0.05, 0.1) is 17.2 Å². The number of carboxylic acids is 1. The Morgan fingerprint density at radius 1 is 1.09 bits per heavy atom. The smallest absolute Gasteiger partial charge is 0.475 e. The van der Waals surface area contributed by atoms with Gasteiger partial charge in [-0.25, -0.2) is 9.78 Å². The van der Waals surface area contributed by atoms with Crippen molar-refractivity contribution in [1.82, 2.24) is 24.1 Å². The van der Waals surface area contributed by atoms with Gasteiger partial charge in [0.2, 0.25) is 5.89 Å². The number of halogens is 3. The Morgan fingerprint density at radius 3 is 2.44 bits per heavy atom. The van der Waals surface area contributed by atoms with Gasteiger partial charge in [-0.05, 0) is 30.7 Å². The van der Waals surface area contributed by atoms with Crippen LogP contribution in [-0.4, -0.2) is 41.4 Å².